The van der Waals surface area contributed by atoms with Crippen LogP contribution in [0.2, 0.25) is 0 Å². The number of amides is 3. The lowest BCUT2D eigenvalue weighted by molar-refractivity contribution is -0.127. The molecule has 2 N–H and O–H groups in total. The summed E-state index contributed by atoms with van der Waals surface area (Å²) in [5, 5.41) is 5.68. The van der Waals surface area contributed by atoms with Gasteiger partial charge in [0.2, 0.25) is 5.91 Å². The fourth-order valence-electron chi connectivity index (χ4n) is 3.03. The second kappa shape index (κ2) is 9.02. The minimum absolute atomic E-state index is 0.0845. The average molecular weight is 368 g/mol. The van der Waals surface area contributed by atoms with Gasteiger partial charge in [0.05, 0.1) is 17.4 Å². The molecule has 1 saturated heterocycles. The van der Waals surface area contributed by atoms with Gasteiger partial charge in [-0.1, -0.05) is 25.1 Å². The minimum atomic E-state index is -0.347. The van der Waals surface area contributed by atoms with Crippen LogP contribution in [0.25, 0.3) is 0 Å². The molecule has 7 nitrogen and oxygen atoms in total. The molecular weight excluding hydrogens is 344 g/mol. The Morgan fingerprint density at radius 1 is 1.26 bits per heavy atom. The zero-order valence-electron chi connectivity index (χ0n) is 15.4. The zero-order valence-corrected chi connectivity index (χ0v) is 15.4. The highest BCUT2D eigenvalue weighted by molar-refractivity contribution is 5.92. The summed E-state index contributed by atoms with van der Waals surface area (Å²) in [5.74, 6) is 0.648. The quantitative estimate of drug-likeness (QED) is 0.787. The molecule has 7 heteroatoms. The summed E-state index contributed by atoms with van der Waals surface area (Å²) < 4.78 is 5.79. The van der Waals surface area contributed by atoms with Crippen LogP contribution in [0.3, 0.4) is 0 Å². The van der Waals surface area contributed by atoms with Crippen molar-refractivity contribution in [2.24, 2.45) is 0 Å². The Morgan fingerprint density at radius 2 is 2.07 bits per heavy atom. The summed E-state index contributed by atoms with van der Waals surface area (Å²) in [4.78, 5) is 30.3. The van der Waals surface area contributed by atoms with Crippen molar-refractivity contribution in [1.29, 1.82) is 0 Å². The molecule has 1 atom stereocenters. The highest BCUT2D eigenvalue weighted by Crippen LogP contribution is 2.24. The van der Waals surface area contributed by atoms with E-state index in [9.17, 15) is 9.59 Å². The third-order valence-corrected chi connectivity index (χ3v) is 4.28. The molecule has 3 amide bonds. The molecule has 0 aliphatic carbocycles. The van der Waals surface area contributed by atoms with Crippen LogP contribution >= 0.6 is 0 Å². The van der Waals surface area contributed by atoms with Crippen LogP contribution in [-0.2, 0) is 11.4 Å². The minimum Gasteiger partial charge on any atom is -0.485 e. The standard InChI is InChI=1S/C20H24N4O3/c1-2-11-24-13-16(12-19(24)25)22-20(26)23-17-8-3-4-9-18(17)27-14-15-7-5-6-10-21-15/h3-10,16H,2,11-14H2,1H3,(H2,22,23,26)/t16-/m1/s1. The van der Waals surface area contributed by atoms with Crippen LogP contribution in [0.4, 0.5) is 10.5 Å². The lowest BCUT2D eigenvalue weighted by atomic mass is 10.2. The molecule has 0 radical (unpaired) electrons. The molecule has 142 valence electrons. The Kier molecular flexibility index (Phi) is 6.25. The number of para-hydroxylation sites is 2. The van der Waals surface area contributed by atoms with E-state index in [1.54, 1.807) is 23.2 Å². The molecule has 1 fully saturated rings. The predicted octanol–water partition coefficient (Wildman–Crippen LogP) is 2.79. The Bertz CT molecular complexity index is 782. The summed E-state index contributed by atoms with van der Waals surface area (Å²) >= 11 is 0. The highest BCUT2D eigenvalue weighted by atomic mass is 16.5. The van der Waals surface area contributed by atoms with Crippen molar-refractivity contribution in [1.82, 2.24) is 15.2 Å². The van der Waals surface area contributed by atoms with E-state index in [0.29, 0.717) is 31.0 Å². The van der Waals surface area contributed by atoms with Crippen molar-refractivity contribution in [2.75, 3.05) is 18.4 Å². The fraction of sp³-hybridized carbons (Fsp3) is 0.350. The number of nitrogens with one attached hydrogen (secondary N) is 2. The van der Waals surface area contributed by atoms with Crippen LogP contribution in [0.1, 0.15) is 25.5 Å². The molecule has 3 rings (SSSR count). The van der Waals surface area contributed by atoms with Gasteiger partial charge in [-0.05, 0) is 30.7 Å². The molecule has 2 aromatic rings. The monoisotopic (exact) mass is 368 g/mol. The summed E-state index contributed by atoms with van der Waals surface area (Å²) in [5.41, 5.74) is 1.37. The van der Waals surface area contributed by atoms with Crippen LogP contribution < -0.4 is 15.4 Å². The number of ether oxygens (including phenoxy) is 1. The maximum Gasteiger partial charge on any atom is 0.319 e. The highest BCUT2D eigenvalue weighted by Gasteiger charge is 2.29. The number of benzene rings is 1. The molecule has 1 aliphatic heterocycles. The predicted molar refractivity (Wildman–Crippen MR) is 102 cm³/mol. The summed E-state index contributed by atoms with van der Waals surface area (Å²) in [6, 6.07) is 12.3. The lowest BCUT2D eigenvalue weighted by Gasteiger charge is -2.17. The Hall–Kier alpha value is -3.09. The SMILES string of the molecule is CCCN1C[C@H](NC(=O)Nc2ccccc2OCc2ccccn2)CC1=O. The van der Waals surface area contributed by atoms with Crippen molar-refractivity contribution in [2.45, 2.75) is 32.4 Å². The summed E-state index contributed by atoms with van der Waals surface area (Å²) in [7, 11) is 0. The summed E-state index contributed by atoms with van der Waals surface area (Å²) in [6.07, 6.45) is 2.96. The van der Waals surface area contributed by atoms with Crippen molar-refractivity contribution in [3.63, 3.8) is 0 Å². The maximum atomic E-state index is 12.3. The van der Waals surface area contributed by atoms with Crippen LogP contribution in [0, 0.1) is 0 Å². The number of urea groups is 1. The van der Waals surface area contributed by atoms with E-state index < -0.39 is 0 Å². The number of rotatable bonds is 7. The number of pyridine rings is 1. The largest absolute Gasteiger partial charge is 0.485 e. The molecule has 0 bridgehead atoms. The van der Waals surface area contributed by atoms with Crippen LogP contribution in [-0.4, -0.2) is 41.0 Å². The molecule has 2 heterocycles. The molecule has 0 saturated carbocycles. The number of likely N-dealkylation sites (tertiary alicyclic amines) is 1. The van der Waals surface area contributed by atoms with Crippen molar-refractivity contribution >= 4 is 17.6 Å². The molecule has 0 unspecified atom stereocenters. The van der Waals surface area contributed by atoms with Gasteiger partial charge in [-0.15, -0.1) is 0 Å². The molecule has 0 spiro atoms. The molecule has 1 aromatic heterocycles. The number of nitrogens with zero attached hydrogens (tertiary/aromatic N) is 2. The van der Waals surface area contributed by atoms with Gasteiger partial charge >= 0.3 is 6.03 Å². The average Bonchev–Trinajstić information content (AvgIpc) is 3.01. The van der Waals surface area contributed by atoms with Crippen LogP contribution in [0.15, 0.2) is 48.7 Å². The van der Waals surface area contributed by atoms with Gasteiger partial charge in [0, 0.05) is 25.7 Å². The molecule has 27 heavy (non-hydrogen) atoms. The summed E-state index contributed by atoms with van der Waals surface area (Å²) in [6.45, 7) is 3.62. The van der Waals surface area contributed by atoms with Gasteiger partial charge in [0.15, 0.2) is 0 Å². The number of aromatic nitrogens is 1. The number of anilines is 1. The van der Waals surface area contributed by atoms with Gasteiger partial charge < -0.3 is 20.3 Å². The Balaban J connectivity index is 1.56. The van der Waals surface area contributed by atoms with E-state index >= 15 is 0 Å². The zero-order chi connectivity index (χ0) is 19.1. The molecule has 1 aromatic carbocycles. The number of hydrogen-bond donors (Lipinski definition) is 2. The second-order valence-electron chi connectivity index (χ2n) is 6.45. The van der Waals surface area contributed by atoms with E-state index in [1.807, 2.05) is 37.3 Å². The number of carbonyl (C=O) groups is 2. The maximum absolute atomic E-state index is 12.3. The van der Waals surface area contributed by atoms with Gasteiger partial charge in [-0.2, -0.15) is 0 Å². The Morgan fingerprint density at radius 3 is 2.85 bits per heavy atom. The van der Waals surface area contributed by atoms with E-state index in [4.69, 9.17) is 4.74 Å². The first-order valence-electron chi connectivity index (χ1n) is 9.12. The fourth-order valence-corrected chi connectivity index (χ4v) is 3.03. The first-order chi connectivity index (χ1) is 13.2. The first kappa shape index (κ1) is 18.7. The molecule has 1 aliphatic rings. The van der Waals surface area contributed by atoms with Gasteiger partial charge in [-0.25, -0.2) is 4.79 Å². The first-order valence-corrected chi connectivity index (χ1v) is 9.12. The second-order valence-corrected chi connectivity index (χ2v) is 6.45. The van der Waals surface area contributed by atoms with E-state index in [2.05, 4.69) is 15.6 Å². The van der Waals surface area contributed by atoms with E-state index in [0.717, 1.165) is 18.7 Å². The third-order valence-electron chi connectivity index (χ3n) is 4.28. The Labute approximate surface area is 158 Å². The van der Waals surface area contributed by atoms with Gasteiger partial charge in [-0.3, -0.25) is 9.78 Å². The third kappa shape index (κ3) is 5.20. The van der Waals surface area contributed by atoms with Gasteiger partial charge in [0.1, 0.15) is 12.4 Å². The smallest absolute Gasteiger partial charge is 0.319 e. The van der Waals surface area contributed by atoms with E-state index in [1.165, 1.54) is 0 Å². The number of carbonyl (C=O) groups excluding carboxylic acids is 2. The van der Waals surface area contributed by atoms with Crippen molar-refractivity contribution in [3.05, 3.63) is 54.4 Å². The van der Waals surface area contributed by atoms with Crippen molar-refractivity contribution in [3.8, 4) is 5.75 Å². The van der Waals surface area contributed by atoms with Gasteiger partial charge in [0.25, 0.3) is 0 Å². The lowest BCUT2D eigenvalue weighted by Crippen LogP contribution is -2.39. The van der Waals surface area contributed by atoms with E-state index in [-0.39, 0.29) is 18.0 Å². The normalized spacial score (nSPS) is 16.3. The van der Waals surface area contributed by atoms with Crippen LogP contribution in [0.5, 0.6) is 5.75 Å². The number of hydrogen-bond acceptors (Lipinski definition) is 4. The van der Waals surface area contributed by atoms with Crippen molar-refractivity contribution < 1.29 is 14.3 Å². The molecular formula is C20H24N4O3. The topological polar surface area (TPSA) is 83.6 Å².